The molecule has 3 N–H and O–H groups in total. The first-order valence-corrected chi connectivity index (χ1v) is 6.64. The molecule has 0 atom stereocenters. The van der Waals surface area contributed by atoms with E-state index in [2.05, 4.69) is 5.32 Å². The number of nitrogens with one attached hydrogen (secondary N) is 1. The lowest BCUT2D eigenvalue weighted by atomic mass is 10.2. The normalized spacial score (nSPS) is 10.2. The minimum atomic E-state index is 0.563. The lowest BCUT2D eigenvalue weighted by Gasteiger charge is -2.13. The quantitative estimate of drug-likeness (QED) is 0.816. The van der Waals surface area contributed by atoms with E-state index in [1.165, 1.54) is 0 Å². The van der Waals surface area contributed by atoms with Gasteiger partial charge in [0.2, 0.25) is 0 Å². The van der Waals surface area contributed by atoms with Crippen molar-refractivity contribution in [2.75, 3.05) is 24.8 Å². The average molecular weight is 293 g/mol. The summed E-state index contributed by atoms with van der Waals surface area (Å²) in [6, 6.07) is 10.9. The highest BCUT2D eigenvalue weighted by Crippen LogP contribution is 2.32. The summed E-state index contributed by atoms with van der Waals surface area (Å²) in [5.74, 6) is 1.38. The number of methoxy groups -OCH3 is 1. The Hall–Kier alpha value is -2.07. The number of rotatable bonds is 5. The molecule has 0 aliphatic heterocycles. The van der Waals surface area contributed by atoms with Gasteiger partial charge in [0.05, 0.1) is 30.1 Å². The van der Waals surface area contributed by atoms with E-state index in [1.807, 2.05) is 31.2 Å². The monoisotopic (exact) mass is 292 g/mol. The number of hydrogen-bond donors (Lipinski definition) is 2. The minimum absolute atomic E-state index is 0.563. The molecular weight excluding hydrogens is 276 g/mol. The fourth-order valence-corrected chi connectivity index (χ4v) is 1.94. The van der Waals surface area contributed by atoms with Crippen LogP contribution in [0.15, 0.2) is 36.4 Å². The molecule has 0 saturated heterocycles. The summed E-state index contributed by atoms with van der Waals surface area (Å²) in [5.41, 5.74) is 8.06. The zero-order valence-corrected chi connectivity index (χ0v) is 12.2. The van der Waals surface area contributed by atoms with E-state index >= 15 is 0 Å². The Labute approximate surface area is 123 Å². The maximum absolute atomic E-state index is 6.16. The van der Waals surface area contributed by atoms with Crippen molar-refractivity contribution in [3.63, 3.8) is 0 Å². The Morgan fingerprint density at radius 2 is 2.00 bits per heavy atom. The number of ether oxygens (including phenoxy) is 2. The van der Waals surface area contributed by atoms with E-state index in [1.54, 1.807) is 19.2 Å². The molecule has 20 heavy (non-hydrogen) atoms. The molecule has 2 aromatic carbocycles. The first kappa shape index (κ1) is 14.3. The Bertz CT molecular complexity index is 602. The van der Waals surface area contributed by atoms with Crippen LogP contribution in [-0.4, -0.2) is 13.7 Å². The number of anilines is 3. The number of halogens is 1. The van der Waals surface area contributed by atoms with Crippen LogP contribution in [0.1, 0.15) is 6.92 Å². The predicted molar refractivity (Wildman–Crippen MR) is 83.3 cm³/mol. The first-order chi connectivity index (χ1) is 9.63. The zero-order chi connectivity index (χ0) is 14.5. The van der Waals surface area contributed by atoms with Crippen molar-refractivity contribution in [1.29, 1.82) is 0 Å². The molecule has 0 unspecified atom stereocenters. The van der Waals surface area contributed by atoms with Crippen molar-refractivity contribution in [3.8, 4) is 11.5 Å². The van der Waals surface area contributed by atoms with E-state index in [0.717, 1.165) is 17.1 Å². The van der Waals surface area contributed by atoms with Crippen molar-refractivity contribution < 1.29 is 9.47 Å². The highest BCUT2D eigenvalue weighted by Gasteiger charge is 2.06. The van der Waals surface area contributed by atoms with E-state index < -0.39 is 0 Å². The molecule has 4 nitrogen and oxygen atoms in total. The van der Waals surface area contributed by atoms with Gasteiger partial charge in [-0.15, -0.1) is 0 Å². The minimum Gasteiger partial charge on any atom is -0.497 e. The molecule has 0 fully saturated rings. The van der Waals surface area contributed by atoms with Crippen molar-refractivity contribution in [2.24, 2.45) is 0 Å². The van der Waals surface area contributed by atoms with Gasteiger partial charge in [-0.1, -0.05) is 11.6 Å². The van der Waals surface area contributed by atoms with Gasteiger partial charge in [-0.25, -0.2) is 0 Å². The largest absolute Gasteiger partial charge is 0.497 e. The molecule has 0 radical (unpaired) electrons. The van der Waals surface area contributed by atoms with E-state index in [-0.39, 0.29) is 0 Å². The smallest absolute Gasteiger partial charge is 0.144 e. The zero-order valence-electron chi connectivity index (χ0n) is 11.4. The Balaban J connectivity index is 2.27. The predicted octanol–water partition coefficient (Wildman–Crippen LogP) is 4.07. The number of hydrogen-bond acceptors (Lipinski definition) is 4. The topological polar surface area (TPSA) is 56.5 Å². The van der Waals surface area contributed by atoms with Crippen molar-refractivity contribution in [2.45, 2.75) is 6.92 Å². The summed E-state index contributed by atoms with van der Waals surface area (Å²) in [5, 5.41) is 3.84. The number of nitrogen functional groups attached to an aromatic ring is 1. The second kappa shape index (κ2) is 6.39. The second-order valence-electron chi connectivity index (χ2n) is 4.16. The van der Waals surface area contributed by atoms with Crippen molar-refractivity contribution in [3.05, 3.63) is 41.4 Å². The fourth-order valence-electron chi connectivity index (χ4n) is 1.78. The molecule has 0 heterocycles. The molecule has 0 saturated carbocycles. The Morgan fingerprint density at radius 1 is 1.20 bits per heavy atom. The molecular formula is C15H17ClN2O2. The maximum Gasteiger partial charge on any atom is 0.144 e. The lowest BCUT2D eigenvalue weighted by molar-refractivity contribution is 0.342. The standard InChI is InChI=1S/C15H17ClN2O2/c1-3-20-15-8-10(4-7-13(15)17)18-14-9-11(19-2)5-6-12(14)16/h4-9,18H,3,17H2,1-2H3. The number of nitrogens with two attached hydrogens (primary N) is 1. The molecule has 2 rings (SSSR count). The van der Waals surface area contributed by atoms with Gasteiger partial charge >= 0.3 is 0 Å². The summed E-state index contributed by atoms with van der Waals surface area (Å²) < 4.78 is 10.7. The Morgan fingerprint density at radius 3 is 2.70 bits per heavy atom. The van der Waals surface area contributed by atoms with E-state index in [9.17, 15) is 0 Å². The van der Waals surface area contributed by atoms with Crippen molar-refractivity contribution in [1.82, 2.24) is 0 Å². The van der Waals surface area contributed by atoms with Gasteiger partial charge in [-0.05, 0) is 31.2 Å². The molecule has 0 aliphatic rings. The maximum atomic E-state index is 6.16. The van der Waals surface area contributed by atoms with Gasteiger partial charge < -0.3 is 20.5 Å². The van der Waals surface area contributed by atoms with Crippen LogP contribution >= 0.6 is 11.6 Å². The third-order valence-electron chi connectivity index (χ3n) is 2.77. The van der Waals surface area contributed by atoms with Gasteiger partial charge in [0.1, 0.15) is 11.5 Å². The van der Waals surface area contributed by atoms with Gasteiger partial charge in [-0.2, -0.15) is 0 Å². The highest BCUT2D eigenvalue weighted by molar-refractivity contribution is 6.33. The van der Waals surface area contributed by atoms with E-state index in [4.69, 9.17) is 26.8 Å². The van der Waals surface area contributed by atoms with Gasteiger partial charge in [0.25, 0.3) is 0 Å². The second-order valence-corrected chi connectivity index (χ2v) is 4.56. The summed E-state index contributed by atoms with van der Waals surface area (Å²) in [6.07, 6.45) is 0. The molecule has 0 bridgehead atoms. The van der Waals surface area contributed by atoms with Crippen LogP contribution in [0.2, 0.25) is 5.02 Å². The fraction of sp³-hybridized carbons (Fsp3) is 0.200. The van der Waals surface area contributed by atoms with Crippen LogP contribution in [0.25, 0.3) is 0 Å². The molecule has 0 aromatic heterocycles. The van der Waals surface area contributed by atoms with Crippen LogP contribution in [0.3, 0.4) is 0 Å². The van der Waals surface area contributed by atoms with Crippen molar-refractivity contribution >= 4 is 28.7 Å². The van der Waals surface area contributed by atoms with Crippen LogP contribution in [0.5, 0.6) is 11.5 Å². The van der Waals surface area contributed by atoms with Crippen LogP contribution in [-0.2, 0) is 0 Å². The van der Waals surface area contributed by atoms with Crippen LogP contribution in [0.4, 0.5) is 17.1 Å². The molecule has 106 valence electrons. The van der Waals surface area contributed by atoms with Gasteiger partial charge in [0, 0.05) is 17.8 Å². The number of benzene rings is 2. The molecule has 2 aromatic rings. The molecule has 0 spiro atoms. The summed E-state index contributed by atoms with van der Waals surface area (Å²) in [7, 11) is 1.61. The van der Waals surface area contributed by atoms with E-state index in [0.29, 0.717) is 23.1 Å². The molecule has 0 amide bonds. The summed E-state index contributed by atoms with van der Waals surface area (Å²) in [4.78, 5) is 0. The summed E-state index contributed by atoms with van der Waals surface area (Å²) >= 11 is 6.16. The van der Waals surface area contributed by atoms with Gasteiger partial charge in [-0.3, -0.25) is 0 Å². The van der Waals surface area contributed by atoms with Crippen LogP contribution < -0.4 is 20.5 Å². The SMILES string of the molecule is CCOc1cc(Nc2cc(OC)ccc2Cl)ccc1N. The van der Waals surface area contributed by atoms with Crippen LogP contribution in [0, 0.1) is 0 Å². The third kappa shape index (κ3) is 3.27. The summed E-state index contributed by atoms with van der Waals surface area (Å²) in [6.45, 7) is 2.48. The van der Waals surface area contributed by atoms with Gasteiger partial charge in [0.15, 0.2) is 0 Å². The Kier molecular flexibility index (Phi) is 4.58. The third-order valence-corrected chi connectivity index (χ3v) is 3.10. The molecule has 0 aliphatic carbocycles. The highest BCUT2D eigenvalue weighted by atomic mass is 35.5. The lowest BCUT2D eigenvalue weighted by Crippen LogP contribution is -1.99. The first-order valence-electron chi connectivity index (χ1n) is 6.27. The average Bonchev–Trinajstić information content (AvgIpc) is 2.45. The molecule has 5 heteroatoms.